The van der Waals surface area contributed by atoms with Crippen molar-refractivity contribution < 1.29 is 0 Å². The zero-order chi connectivity index (χ0) is 27.3. The molecule has 0 amide bonds. The lowest BCUT2D eigenvalue weighted by Gasteiger charge is -2.22. The third-order valence-electron chi connectivity index (χ3n) is 6.78. The normalized spacial score (nSPS) is 12.0. The molecule has 10 heteroatoms. The molecule has 0 aliphatic rings. The number of anilines is 1. The highest BCUT2D eigenvalue weighted by molar-refractivity contribution is 5.88. The van der Waals surface area contributed by atoms with E-state index in [9.17, 15) is 9.59 Å². The molecular weight excluding hydrogens is 492 g/mol. The lowest BCUT2D eigenvalue weighted by atomic mass is 10.0. The van der Waals surface area contributed by atoms with Crippen LogP contribution in [-0.2, 0) is 14.1 Å². The first-order valence-corrected chi connectivity index (χ1v) is 12.3. The summed E-state index contributed by atoms with van der Waals surface area (Å²) < 4.78 is 6.26. The zero-order valence-corrected chi connectivity index (χ0v) is 21.5. The molecule has 6 aromatic rings. The van der Waals surface area contributed by atoms with Gasteiger partial charge in [0.05, 0.1) is 23.2 Å². The van der Waals surface area contributed by atoms with Crippen molar-refractivity contribution >= 4 is 27.6 Å². The van der Waals surface area contributed by atoms with Gasteiger partial charge in [-0.15, -0.1) is 0 Å². The molecule has 0 fully saturated rings. The fraction of sp³-hybridized carbons (Fsp3) is 0.138. The maximum atomic E-state index is 14.2. The van der Waals surface area contributed by atoms with Gasteiger partial charge in [0.15, 0.2) is 11.5 Å². The monoisotopic (exact) mass is 516 g/mol. The average molecular weight is 517 g/mol. The largest absolute Gasteiger partial charge is 0.381 e. The number of aromatic nitrogens is 7. The minimum Gasteiger partial charge on any atom is -0.381 e. The molecule has 0 aliphatic heterocycles. The van der Waals surface area contributed by atoms with Gasteiger partial charge in [-0.2, -0.15) is 10.2 Å². The van der Waals surface area contributed by atoms with E-state index in [1.165, 1.54) is 15.6 Å². The molecule has 4 heterocycles. The van der Waals surface area contributed by atoms with Gasteiger partial charge >= 0.3 is 0 Å². The van der Waals surface area contributed by atoms with Crippen LogP contribution in [0.1, 0.15) is 29.8 Å². The summed E-state index contributed by atoms with van der Waals surface area (Å²) in [6.45, 7) is 1.85. The van der Waals surface area contributed by atoms with Crippen molar-refractivity contribution in [3.05, 3.63) is 111 Å². The lowest BCUT2D eigenvalue weighted by molar-refractivity contribution is 0.576. The third kappa shape index (κ3) is 3.97. The van der Waals surface area contributed by atoms with E-state index in [2.05, 4.69) is 27.0 Å². The maximum Gasteiger partial charge on any atom is 0.267 e. The van der Waals surface area contributed by atoms with E-state index < -0.39 is 6.04 Å². The first-order valence-electron chi connectivity index (χ1n) is 12.3. The highest BCUT2D eigenvalue weighted by Gasteiger charge is 2.22. The van der Waals surface area contributed by atoms with Crippen LogP contribution in [-0.4, -0.2) is 33.7 Å². The molecule has 0 spiro atoms. The highest BCUT2D eigenvalue weighted by atomic mass is 16.1. The van der Waals surface area contributed by atoms with Gasteiger partial charge in [-0.3, -0.25) is 23.4 Å². The molecule has 0 saturated heterocycles. The number of hydrogen-bond acceptors (Lipinski definition) is 6. The van der Waals surface area contributed by atoms with Crippen LogP contribution in [0.5, 0.6) is 0 Å². The first kappa shape index (κ1) is 23.9. The molecule has 0 aliphatic carbocycles. The number of pyridine rings is 1. The van der Waals surface area contributed by atoms with Gasteiger partial charge in [-0.1, -0.05) is 42.2 Å². The number of nitrogens with two attached hydrogens (primary N) is 1. The van der Waals surface area contributed by atoms with Gasteiger partial charge in [0.2, 0.25) is 0 Å². The third-order valence-corrected chi connectivity index (χ3v) is 6.78. The molecule has 192 valence electrons. The van der Waals surface area contributed by atoms with Gasteiger partial charge in [-0.05, 0) is 36.6 Å². The molecule has 0 bridgehead atoms. The Labute approximate surface area is 222 Å². The molecule has 1 atom stereocenters. The van der Waals surface area contributed by atoms with Gasteiger partial charge < -0.3 is 5.73 Å². The molecule has 0 unspecified atom stereocenters. The SMILES string of the molecule is C[C@@H](c1cc2cccc(C#Cc3cnn(C)c3)c2c(=O)n1-c1ccccc1)n1cnc2c(c(N)nn2C)c1=O. The second kappa shape index (κ2) is 9.15. The smallest absolute Gasteiger partial charge is 0.267 e. The lowest BCUT2D eigenvalue weighted by Crippen LogP contribution is -2.30. The maximum absolute atomic E-state index is 14.2. The molecule has 0 radical (unpaired) electrons. The summed E-state index contributed by atoms with van der Waals surface area (Å²) in [5.41, 5.74) is 8.50. The van der Waals surface area contributed by atoms with Crippen molar-refractivity contribution in [1.82, 2.24) is 33.7 Å². The Morgan fingerprint density at radius 2 is 1.74 bits per heavy atom. The van der Waals surface area contributed by atoms with Crippen LogP contribution in [0.2, 0.25) is 0 Å². The van der Waals surface area contributed by atoms with Crippen LogP contribution in [0.4, 0.5) is 5.82 Å². The number of rotatable bonds is 3. The van der Waals surface area contributed by atoms with Crippen molar-refractivity contribution in [1.29, 1.82) is 0 Å². The second-order valence-corrected chi connectivity index (χ2v) is 9.31. The molecule has 4 aromatic heterocycles. The Balaban J connectivity index is 1.61. The minimum absolute atomic E-state index is 0.113. The quantitative estimate of drug-likeness (QED) is 0.362. The van der Waals surface area contributed by atoms with Crippen molar-refractivity contribution in [2.75, 3.05) is 5.73 Å². The molecule has 2 N–H and O–H groups in total. The number of benzene rings is 2. The van der Waals surface area contributed by atoms with Gasteiger partial charge in [0.25, 0.3) is 11.1 Å². The summed E-state index contributed by atoms with van der Waals surface area (Å²) in [6, 6.07) is 16.3. The summed E-state index contributed by atoms with van der Waals surface area (Å²) >= 11 is 0. The molecule has 2 aromatic carbocycles. The van der Waals surface area contributed by atoms with E-state index in [1.807, 2.05) is 74.8 Å². The van der Waals surface area contributed by atoms with Crippen LogP contribution in [0.3, 0.4) is 0 Å². The van der Waals surface area contributed by atoms with Crippen molar-refractivity contribution in [2.45, 2.75) is 13.0 Å². The first-order chi connectivity index (χ1) is 18.8. The summed E-state index contributed by atoms with van der Waals surface area (Å²) in [5, 5.41) is 9.75. The number of nitrogen functional groups attached to an aromatic ring is 1. The molecule has 6 rings (SSSR count). The Hall–Kier alpha value is -5.43. The van der Waals surface area contributed by atoms with E-state index in [0.717, 1.165) is 10.9 Å². The van der Waals surface area contributed by atoms with Gasteiger partial charge in [0, 0.05) is 37.2 Å². The number of fused-ring (bicyclic) bond motifs is 2. The van der Waals surface area contributed by atoms with Crippen molar-refractivity contribution in [2.24, 2.45) is 14.1 Å². The standard InChI is InChI=1S/C29H24N8O2/c1-18(36-17-31-27-25(28(36)38)26(30)33-35(27)3)23-14-21-9-7-8-20(13-12-19-15-32-34(2)16-19)24(21)29(39)37(23)22-10-5-4-6-11-22/h4-11,14-18H,1-3H3,(H2,30,33)/t18-/m0/s1. The van der Waals surface area contributed by atoms with Crippen LogP contribution >= 0.6 is 0 Å². The van der Waals surface area contributed by atoms with Crippen LogP contribution in [0.25, 0.3) is 27.5 Å². The fourth-order valence-electron chi connectivity index (χ4n) is 4.87. The predicted molar refractivity (Wildman–Crippen MR) is 150 cm³/mol. The van der Waals surface area contributed by atoms with Crippen LogP contribution < -0.4 is 16.9 Å². The summed E-state index contributed by atoms with van der Waals surface area (Å²) in [6.07, 6.45) is 4.96. The number of nitrogens with zero attached hydrogens (tertiary/aromatic N) is 7. The summed E-state index contributed by atoms with van der Waals surface area (Å²) in [7, 11) is 3.51. The predicted octanol–water partition coefficient (Wildman–Crippen LogP) is 2.76. The van der Waals surface area contributed by atoms with Crippen molar-refractivity contribution in [3.63, 3.8) is 0 Å². The Kier molecular flexibility index (Phi) is 5.61. The van der Waals surface area contributed by atoms with E-state index >= 15 is 0 Å². The van der Waals surface area contributed by atoms with Crippen LogP contribution in [0, 0.1) is 11.8 Å². The van der Waals surface area contributed by atoms with Gasteiger partial charge in [-0.25, -0.2) is 9.67 Å². The molecular formula is C29H24N8O2. The van der Waals surface area contributed by atoms with Crippen molar-refractivity contribution in [3.8, 4) is 17.5 Å². The highest BCUT2D eigenvalue weighted by Crippen LogP contribution is 2.25. The molecule has 39 heavy (non-hydrogen) atoms. The second-order valence-electron chi connectivity index (χ2n) is 9.31. The summed E-state index contributed by atoms with van der Waals surface area (Å²) in [4.78, 5) is 32.2. The van der Waals surface area contributed by atoms with E-state index in [4.69, 9.17) is 5.73 Å². The molecule has 0 saturated carbocycles. The van der Waals surface area contributed by atoms with Gasteiger partial charge in [0.1, 0.15) is 11.7 Å². The Bertz CT molecular complexity index is 2070. The number of aryl methyl sites for hydroxylation is 2. The topological polar surface area (TPSA) is 119 Å². The number of hydrogen-bond donors (Lipinski definition) is 1. The number of para-hydroxylation sites is 1. The fourth-order valence-corrected chi connectivity index (χ4v) is 4.87. The zero-order valence-electron chi connectivity index (χ0n) is 21.5. The Morgan fingerprint density at radius 3 is 2.49 bits per heavy atom. The van der Waals surface area contributed by atoms with E-state index in [-0.39, 0.29) is 22.3 Å². The van der Waals surface area contributed by atoms with Crippen LogP contribution in [0.15, 0.2) is 82.9 Å². The molecule has 10 nitrogen and oxygen atoms in total. The Morgan fingerprint density at radius 1 is 0.949 bits per heavy atom. The minimum atomic E-state index is -0.559. The average Bonchev–Trinajstić information content (AvgIpc) is 3.49. The summed E-state index contributed by atoms with van der Waals surface area (Å²) in [5.74, 6) is 6.36. The van der Waals surface area contributed by atoms with E-state index in [1.54, 1.807) is 22.5 Å². The van der Waals surface area contributed by atoms with E-state index in [0.29, 0.717) is 28.0 Å².